The standard InChI is InChI=1S/C25H17ClN2O3/c26-20-10-3-4-11-22(20)30-15-24(29)27-17-12-13-23-21(14-17)28-25(31-23)19-9-5-7-16-6-1-2-8-18(16)19/h1-14H,15H2,(H,27,29). The van der Waals surface area contributed by atoms with Crippen LogP contribution in [0.2, 0.25) is 5.02 Å². The summed E-state index contributed by atoms with van der Waals surface area (Å²) in [6.45, 7) is -0.151. The number of carbonyl (C=O) groups excluding carboxylic acids is 1. The van der Waals surface area contributed by atoms with Crippen LogP contribution in [0.3, 0.4) is 0 Å². The fraction of sp³-hybridized carbons (Fsp3) is 0.0400. The molecule has 1 aromatic heterocycles. The van der Waals surface area contributed by atoms with Crippen LogP contribution in [0.25, 0.3) is 33.3 Å². The van der Waals surface area contributed by atoms with Crippen LogP contribution in [0.4, 0.5) is 5.69 Å². The summed E-state index contributed by atoms with van der Waals surface area (Å²) in [7, 11) is 0. The zero-order valence-corrected chi connectivity index (χ0v) is 17.1. The van der Waals surface area contributed by atoms with E-state index in [1.54, 1.807) is 42.5 Å². The number of oxazole rings is 1. The molecule has 0 saturated heterocycles. The highest BCUT2D eigenvalue weighted by Gasteiger charge is 2.13. The first-order valence-electron chi connectivity index (χ1n) is 9.73. The SMILES string of the molecule is O=C(COc1ccccc1Cl)Nc1ccc2oc(-c3cccc4ccccc34)nc2c1. The van der Waals surface area contributed by atoms with Crippen molar-refractivity contribution in [1.29, 1.82) is 0 Å². The Hall–Kier alpha value is -3.83. The van der Waals surface area contributed by atoms with Gasteiger partial charge < -0.3 is 14.5 Å². The molecule has 1 amide bonds. The number of ether oxygens (including phenoxy) is 1. The summed E-state index contributed by atoms with van der Waals surface area (Å²) < 4.78 is 11.5. The lowest BCUT2D eigenvalue weighted by Crippen LogP contribution is -2.20. The zero-order valence-electron chi connectivity index (χ0n) is 16.3. The van der Waals surface area contributed by atoms with Gasteiger partial charge in [-0.3, -0.25) is 4.79 Å². The van der Waals surface area contributed by atoms with E-state index in [0.717, 1.165) is 16.3 Å². The lowest BCUT2D eigenvalue weighted by molar-refractivity contribution is -0.118. The van der Waals surface area contributed by atoms with E-state index in [2.05, 4.69) is 22.4 Å². The van der Waals surface area contributed by atoms with Crippen LogP contribution < -0.4 is 10.1 Å². The molecule has 0 unspecified atom stereocenters. The number of benzene rings is 4. The second-order valence-corrected chi connectivity index (χ2v) is 7.40. The summed E-state index contributed by atoms with van der Waals surface area (Å²) >= 11 is 6.05. The third kappa shape index (κ3) is 3.96. The van der Waals surface area contributed by atoms with Gasteiger partial charge in [0.1, 0.15) is 11.3 Å². The van der Waals surface area contributed by atoms with Crippen molar-refractivity contribution in [3.63, 3.8) is 0 Å². The average molecular weight is 429 g/mol. The minimum atomic E-state index is -0.294. The molecule has 1 heterocycles. The molecule has 5 rings (SSSR count). The summed E-state index contributed by atoms with van der Waals surface area (Å²) in [5, 5.41) is 5.46. The molecule has 31 heavy (non-hydrogen) atoms. The van der Waals surface area contributed by atoms with Crippen molar-refractivity contribution in [2.24, 2.45) is 0 Å². The average Bonchev–Trinajstić information content (AvgIpc) is 3.21. The first-order valence-corrected chi connectivity index (χ1v) is 10.1. The number of hydrogen-bond acceptors (Lipinski definition) is 4. The van der Waals surface area contributed by atoms with Crippen molar-refractivity contribution < 1.29 is 13.9 Å². The summed E-state index contributed by atoms with van der Waals surface area (Å²) in [6, 6.07) is 26.5. The second kappa shape index (κ2) is 8.13. The van der Waals surface area contributed by atoms with Gasteiger partial charge in [-0.2, -0.15) is 0 Å². The van der Waals surface area contributed by atoms with Crippen LogP contribution in [0.1, 0.15) is 0 Å². The Labute approximate surface area is 183 Å². The van der Waals surface area contributed by atoms with Gasteiger partial charge in [0.25, 0.3) is 5.91 Å². The highest BCUT2D eigenvalue weighted by atomic mass is 35.5. The van der Waals surface area contributed by atoms with Gasteiger partial charge in [0.2, 0.25) is 5.89 Å². The molecule has 152 valence electrons. The van der Waals surface area contributed by atoms with E-state index >= 15 is 0 Å². The fourth-order valence-electron chi connectivity index (χ4n) is 3.43. The Morgan fingerprint density at radius 1 is 0.968 bits per heavy atom. The van der Waals surface area contributed by atoms with Crippen molar-refractivity contribution in [2.45, 2.75) is 0 Å². The Morgan fingerprint density at radius 2 is 1.77 bits per heavy atom. The molecule has 0 fully saturated rings. The summed E-state index contributed by atoms with van der Waals surface area (Å²) in [4.78, 5) is 16.9. The zero-order chi connectivity index (χ0) is 21.2. The van der Waals surface area contributed by atoms with Crippen molar-refractivity contribution >= 4 is 45.1 Å². The quantitative estimate of drug-likeness (QED) is 0.356. The Balaban J connectivity index is 1.36. The molecule has 0 bridgehead atoms. The maximum absolute atomic E-state index is 12.3. The third-order valence-electron chi connectivity index (χ3n) is 4.89. The predicted octanol–water partition coefficient (Wildman–Crippen LogP) is 6.32. The van der Waals surface area contributed by atoms with Gasteiger partial charge in [0.05, 0.1) is 5.02 Å². The van der Waals surface area contributed by atoms with Crippen molar-refractivity contribution in [1.82, 2.24) is 4.98 Å². The lowest BCUT2D eigenvalue weighted by Gasteiger charge is -2.08. The van der Waals surface area contributed by atoms with Gasteiger partial charge in [-0.25, -0.2) is 4.98 Å². The number of fused-ring (bicyclic) bond motifs is 2. The van der Waals surface area contributed by atoms with E-state index in [9.17, 15) is 4.79 Å². The molecule has 4 aromatic carbocycles. The summed E-state index contributed by atoms with van der Waals surface area (Å²) in [5.41, 5.74) is 2.84. The van der Waals surface area contributed by atoms with E-state index in [1.165, 1.54) is 0 Å². The van der Waals surface area contributed by atoms with Gasteiger partial charge in [0, 0.05) is 11.3 Å². The number of amides is 1. The summed E-state index contributed by atoms with van der Waals surface area (Å²) in [6.07, 6.45) is 0. The summed E-state index contributed by atoms with van der Waals surface area (Å²) in [5.74, 6) is 0.709. The van der Waals surface area contributed by atoms with Crippen LogP contribution in [-0.2, 0) is 4.79 Å². The number of aromatic nitrogens is 1. The molecule has 5 nitrogen and oxygen atoms in total. The molecular weight excluding hydrogens is 412 g/mol. The molecule has 0 saturated carbocycles. The number of rotatable bonds is 5. The van der Waals surface area contributed by atoms with E-state index in [-0.39, 0.29) is 12.5 Å². The van der Waals surface area contributed by atoms with Crippen LogP contribution in [-0.4, -0.2) is 17.5 Å². The van der Waals surface area contributed by atoms with Gasteiger partial charge in [-0.1, -0.05) is 60.1 Å². The van der Waals surface area contributed by atoms with E-state index in [1.807, 2.05) is 30.3 Å². The van der Waals surface area contributed by atoms with Crippen LogP contribution in [0.15, 0.2) is 89.3 Å². The predicted molar refractivity (Wildman–Crippen MR) is 123 cm³/mol. The first-order chi connectivity index (χ1) is 15.2. The number of nitrogens with one attached hydrogen (secondary N) is 1. The first kappa shape index (κ1) is 19.2. The maximum Gasteiger partial charge on any atom is 0.262 e. The topological polar surface area (TPSA) is 64.4 Å². The minimum absolute atomic E-state index is 0.151. The molecule has 6 heteroatoms. The third-order valence-corrected chi connectivity index (χ3v) is 5.20. The highest BCUT2D eigenvalue weighted by molar-refractivity contribution is 6.32. The smallest absolute Gasteiger partial charge is 0.262 e. The molecule has 1 N–H and O–H groups in total. The van der Waals surface area contributed by atoms with Gasteiger partial charge in [-0.05, 0) is 47.2 Å². The number of nitrogens with zero attached hydrogens (tertiary/aromatic N) is 1. The van der Waals surface area contributed by atoms with Gasteiger partial charge >= 0.3 is 0 Å². The van der Waals surface area contributed by atoms with E-state index in [0.29, 0.717) is 33.4 Å². The Morgan fingerprint density at radius 3 is 2.68 bits per heavy atom. The number of carbonyl (C=O) groups is 1. The number of hydrogen-bond donors (Lipinski definition) is 1. The van der Waals surface area contributed by atoms with Gasteiger partial charge in [-0.15, -0.1) is 0 Å². The van der Waals surface area contributed by atoms with Crippen LogP contribution >= 0.6 is 11.6 Å². The molecule has 0 aliphatic carbocycles. The molecule has 0 atom stereocenters. The molecular formula is C25H17ClN2O3. The van der Waals surface area contributed by atoms with Crippen molar-refractivity contribution in [3.8, 4) is 17.2 Å². The van der Waals surface area contributed by atoms with Crippen LogP contribution in [0.5, 0.6) is 5.75 Å². The Kier molecular flexibility index (Phi) is 5.02. The number of para-hydroxylation sites is 1. The van der Waals surface area contributed by atoms with E-state index in [4.69, 9.17) is 20.8 Å². The minimum Gasteiger partial charge on any atom is -0.482 e. The highest BCUT2D eigenvalue weighted by Crippen LogP contribution is 2.31. The second-order valence-electron chi connectivity index (χ2n) is 7.00. The molecule has 0 spiro atoms. The van der Waals surface area contributed by atoms with Gasteiger partial charge in [0.15, 0.2) is 12.2 Å². The van der Waals surface area contributed by atoms with E-state index < -0.39 is 0 Å². The largest absolute Gasteiger partial charge is 0.482 e. The maximum atomic E-state index is 12.3. The monoisotopic (exact) mass is 428 g/mol. The lowest BCUT2D eigenvalue weighted by atomic mass is 10.0. The van der Waals surface area contributed by atoms with Crippen LogP contribution in [0, 0.1) is 0 Å². The Bertz CT molecular complexity index is 1410. The molecule has 0 aliphatic heterocycles. The molecule has 0 aliphatic rings. The normalized spacial score (nSPS) is 11.0. The molecule has 5 aromatic rings. The van der Waals surface area contributed by atoms with Crippen molar-refractivity contribution in [3.05, 3.63) is 90.0 Å². The number of halogens is 1. The van der Waals surface area contributed by atoms with Crippen molar-refractivity contribution in [2.75, 3.05) is 11.9 Å². The number of anilines is 1. The fourth-order valence-corrected chi connectivity index (χ4v) is 3.62. The molecule has 0 radical (unpaired) electrons.